The van der Waals surface area contributed by atoms with E-state index in [2.05, 4.69) is 15.8 Å². The zero-order valence-electron chi connectivity index (χ0n) is 11.3. The highest BCUT2D eigenvalue weighted by Crippen LogP contribution is 2.09. The standard InChI is InChI=1S/C15H15N3O2/c1-10-5-6-12(8-11(10)2)14(19)17-18-15(20)13-4-3-7-16-9-13/h3-9H,1-2H3,(H,17,19)(H,18,20). The van der Waals surface area contributed by atoms with Gasteiger partial charge in [0.2, 0.25) is 0 Å². The number of hydrogen-bond donors (Lipinski definition) is 2. The van der Waals surface area contributed by atoms with Crippen molar-refractivity contribution in [1.29, 1.82) is 0 Å². The Morgan fingerprint density at radius 3 is 2.25 bits per heavy atom. The van der Waals surface area contributed by atoms with Crippen molar-refractivity contribution in [3.63, 3.8) is 0 Å². The number of nitrogens with zero attached hydrogens (tertiary/aromatic N) is 1. The Morgan fingerprint density at radius 1 is 0.950 bits per heavy atom. The van der Waals surface area contributed by atoms with Gasteiger partial charge in [-0.15, -0.1) is 0 Å². The number of hydrogen-bond acceptors (Lipinski definition) is 3. The van der Waals surface area contributed by atoms with Crippen LogP contribution in [0.4, 0.5) is 0 Å². The molecule has 1 aromatic heterocycles. The van der Waals surface area contributed by atoms with Gasteiger partial charge in [-0.3, -0.25) is 25.4 Å². The predicted molar refractivity (Wildman–Crippen MR) is 75.1 cm³/mol. The van der Waals surface area contributed by atoms with Gasteiger partial charge in [0.1, 0.15) is 0 Å². The fourth-order valence-corrected chi connectivity index (χ4v) is 1.64. The molecule has 1 heterocycles. The molecule has 2 aromatic rings. The van der Waals surface area contributed by atoms with Gasteiger partial charge in [-0.05, 0) is 49.2 Å². The Kier molecular flexibility index (Phi) is 4.10. The fraction of sp³-hybridized carbons (Fsp3) is 0.133. The molecule has 102 valence electrons. The van der Waals surface area contributed by atoms with Gasteiger partial charge < -0.3 is 0 Å². The highest BCUT2D eigenvalue weighted by molar-refractivity contribution is 5.99. The van der Waals surface area contributed by atoms with Crippen molar-refractivity contribution in [2.24, 2.45) is 0 Å². The molecule has 0 radical (unpaired) electrons. The second kappa shape index (κ2) is 5.97. The predicted octanol–water partition coefficient (Wildman–Crippen LogP) is 1.77. The van der Waals surface area contributed by atoms with Gasteiger partial charge in [0, 0.05) is 18.0 Å². The summed E-state index contributed by atoms with van der Waals surface area (Å²) >= 11 is 0. The summed E-state index contributed by atoms with van der Waals surface area (Å²) in [6.07, 6.45) is 3.00. The second-order valence-electron chi connectivity index (χ2n) is 4.45. The molecule has 2 N–H and O–H groups in total. The molecule has 2 amide bonds. The van der Waals surface area contributed by atoms with Crippen molar-refractivity contribution in [1.82, 2.24) is 15.8 Å². The van der Waals surface area contributed by atoms with Crippen LogP contribution in [0.1, 0.15) is 31.8 Å². The van der Waals surface area contributed by atoms with Gasteiger partial charge >= 0.3 is 0 Å². The van der Waals surface area contributed by atoms with E-state index in [0.29, 0.717) is 11.1 Å². The average Bonchev–Trinajstić information content (AvgIpc) is 2.48. The summed E-state index contributed by atoms with van der Waals surface area (Å²) in [4.78, 5) is 27.5. The Morgan fingerprint density at radius 2 is 1.65 bits per heavy atom. The zero-order chi connectivity index (χ0) is 14.5. The molecular weight excluding hydrogens is 254 g/mol. The number of aryl methyl sites for hydroxylation is 2. The van der Waals surface area contributed by atoms with Crippen LogP contribution in [-0.2, 0) is 0 Å². The number of nitrogens with one attached hydrogen (secondary N) is 2. The highest BCUT2D eigenvalue weighted by Gasteiger charge is 2.09. The first-order chi connectivity index (χ1) is 9.58. The lowest BCUT2D eigenvalue weighted by Crippen LogP contribution is -2.41. The van der Waals surface area contributed by atoms with Gasteiger partial charge in [0.25, 0.3) is 11.8 Å². The van der Waals surface area contributed by atoms with Crippen LogP contribution in [0, 0.1) is 13.8 Å². The molecule has 0 unspecified atom stereocenters. The molecule has 0 saturated carbocycles. The van der Waals surface area contributed by atoms with Crippen LogP contribution in [0.2, 0.25) is 0 Å². The largest absolute Gasteiger partial charge is 0.271 e. The van der Waals surface area contributed by atoms with E-state index in [1.54, 1.807) is 30.5 Å². The fourth-order valence-electron chi connectivity index (χ4n) is 1.64. The van der Waals surface area contributed by atoms with Crippen LogP contribution >= 0.6 is 0 Å². The first kappa shape index (κ1) is 13.7. The maximum atomic E-state index is 11.9. The Labute approximate surface area is 117 Å². The van der Waals surface area contributed by atoms with E-state index in [0.717, 1.165) is 11.1 Å². The molecule has 0 spiro atoms. The molecule has 20 heavy (non-hydrogen) atoms. The SMILES string of the molecule is Cc1ccc(C(=O)NNC(=O)c2cccnc2)cc1C. The minimum Gasteiger partial charge on any atom is -0.267 e. The van der Waals surface area contributed by atoms with Crippen molar-refractivity contribution >= 4 is 11.8 Å². The molecular formula is C15H15N3O2. The van der Waals surface area contributed by atoms with E-state index >= 15 is 0 Å². The molecule has 0 aliphatic rings. The summed E-state index contributed by atoms with van der Waals surface area (Å²) < 4.78 is 0. The second-order valence-corrected chi connectivity index (χ2v) is 4.45. The van der Waals surface area contributed by atoms with Crippen LogP contribution in [0.25, 0.3) is 0 Å². The normalized spacial score (nSPS) is 9.90. The molecule has 0 saturated heterocycles. The highest BCUT2D eigenvalue weighted by atomic mass is 16.2. The Bertz CT molecular complexity index is 639. The Hall–Kier alpha value is -2.69. The van der Waals surface area contributed by atoms with Crippen LogP contribution in [-0.4, -0.2) is 16.8 Å². The number of aromatic nitrogens is 1. The number of rotatable bonds is 2. The number of hydrazine groups is 1. The van der Waals surface area contributed by atoms with Crippen molar-refractivity contribution in [2.75, 3.05) is 0 Å². The van der Waals surface area contributed by atoms with Crippen molar-refractivity contribution < 1.29 is 9.59 Å². The number of amides is 2. The van der Waals surface area contributed by atoms with Crippen LogP contribution < -0.4 is 10.9 Å². The van der Waals surface area contributed by atoms with Gasteiger partial charge in [-0.1, -0.05) is 6.07 Å². The molecule has 5 nitrogen and oxygen atoms in total. The molecule has 0 atom stereocenters. The van der Waals surface area contributed by atoms with Gasteiger partial charge in [-0.2, -0.15) is 0 Å². The van der Waals surface area contributed by atoms with E-state index in [1.165, 1.54) is 6.20 Å². The summed E-state index contributed by atoms with van der Waals surface area (Å²) in [5.41, 5.74) is 7.75. The van der Waals surface area contributed by atoms with E-state index in [-0.39, 0.29) is 5.91 Å². The lowest BCUT2D eigenvalue weighted by Gasteiger charge is -2.08. The topological polar surface area (TPSA) is 71.1 Å². The maximum Gasteiger partial charge on any atom is 0.271 e. The van der Waals surface area contributed by atoms with Crippen molar-refractivity contribution in [3.8, 4) is 0 Å². The first-order valence-corrected chi connectivity index (χ1v) is 6.16. The molecule has 1 aromatic carbocycles. The molecule has 0 aliphatic carbocycles. The smallest absolute Gasteiger partial charge is 0.267 e. The minimum atomic E-state index is -0.407. The molecule has 0 bridgehead atoms. The Balaban J connectivity index is 1.98. The molecule has 0 fully saturated rings. The number of carbonyl (C=O) groups is 2. The van der Waals surface area contributed by atoms with Gasteiger partial charge in [-0.25, -0.2) is 0 Å². The van der Waals surface area contributed by atoms with Crippen LogP contribution in [0.15, 0.2) is 42.7 Å². The third-order valence-corrected chi connectivity index (χ3v) is 2.98. The summed E-state index contributed by atoms with van der Waals surface area (Å²) in [5.74, 6) is -0.763. The van der Waals surface area contributed by atoms with E-state index in [1.807, 2.05) is 19.9 Å². The van der Waals surface area contributed by atoms with Crippen LogP contribution in [0.3, 0.4) is 0 Å². The lowest BCUT2D eigenvalue weighted by molar-refractivity contribution is 0.0846. The summed E-state index contributed by atoms with van der Waals surface area (Å²) in [5, 5.41) is 0. The maximum absolute atomic E-state index is 11.9. The molecule has 2 rings (SSSR count). The van der Waals surface area contributed by atoms with Crippen LogP contribution in [0.5, 0.6) is 0 Å². The summed E-state index contributed by atoms with van der Waals surface area (Å²) in [7, 11) is 0. The number of carbonyl (C=O) groups excluding carboxylic acids is 2. The average molecular weight is 269 g/mol. The van der Waals surface area contributed by atoms with E-state index in [9.17, 15) is 9.59 Å². The lowest BCUT2D eigenvalue weighted by atomic mass is 10.1. The van der Waals surface area contributed by atoms with Gasteiger partial charge in [0.05, 0.1) is 5.56 Å². The third kappa shape index (κ3) is 3.20. The van der Waals surface area contributed by atoms with Crippen molar-refractivity contribution in [2.45, 2.75) is 13.8 Å². The third-order valence-electron chi connectivity index (χ3n) is 2.98. The summed E-state index contributed by atoms with van der Waals surface area (Å²) in [6, 6.07) is 8.63. The van der Waals surface area contributed by atoms with E-state index in [4.69, 9.17) is 0 Å². The quantitative estimate of drug-likeness (QED) is 0.816. The zero-order valence-corrected chi connectivity index (χ0v) is 11.3. The summed E-state index contributed by atoms with van der Waals surface area (Å²) in [6.45, 7) is 3.90. The van der Waals surface area contributed by atoms with E-state index < -0.39 is 5.91 Å². The monoisotopic (exact) mass is 269 g/mol. The minimum absolute atomic E-state index is 0.356. The number of pyridine rings is 1. The molecule has 5 heteroatoms. The molecule has 0 aliphatic heterocycles. The first-order valence-electron chi connectivity index (χ1n) is 6.16. The number of benzene rings is 1. The van der Waals surface area contributed by atoms with Crippen molar-refractivity contribution in [3.05, 3.63) is 65.0 Å². The van der Waals surface area contributed by atoms with Gasteiger partial charge in [0.15, 0.2) is 0 Å².